The molecule has 1 amide bonds. The number of rotatable bonds is 5. The molecule has 0 radical (unpaired) electrons. The Morgan fingerprint density at radius 1 is 1.26 bits per heavy atom. The fourth-order valence-electron chi connectivity index (χ4n) is 2.38. The van der Waals surface area contributed by atoms with Crippen LogP contribution in [0.3, 0.4) is 0 Å². The number of amides is 1. The molecule has 3 rings (SSSR count). The van der Waals surface area contributed by atoms with Crippen LogP contribution in [0, 0.1) is 0 Å². The summed E-state index contributed by atoms with van der Waals surface area (Å²) >= 11 is 14.0. The first kappa shape index (κ1) is 16.6. The predicted octanol–water partition coefficient (Wildman–Crippen LogP) is 4.37. The van der Waals surface area contributed by atoms with Gasteiger partial charge in [0.15, 0.2) is 5.16 Å². The lowest BCUT2D eigenvalue weighted by Crippen LogP contribution is -2.26. The molecule has 0 N–H and O–H groups in total. The number of hydrogen-bond acceptors (Lipinski definition) is 4. The van der Waals surface area contributed by atoms with E-state index in [0.717, 1.165) is 17.7 Å². The third kappa shape index (κ3) is 3.47. The van der Waals surface area contributed by atoms with Crippen LogP contribution in [0.25, 0.3) is 0 Å². The highest BCUT2D eigenvalue weighted by Crippen LogP contribution is 2.35. The van der Waals surface area contributed by atoms with E-state index in [1.165, 1.54) is 0 Å². The van der Waals surface area contributed by atoms with Crippen molar-refractivity contribution in [2.75, 3.05) is 10.7 Å². The van der Waals surface area contributed by atoms with Crippen LogP contribution in [-0.4, -0.2) is 21.6 Å². The molecule has 2 aromatic rings. The molecule has 0 spiro atoms. The van der Waals surface area contributed by atoms with Crippen molar-refractivity contribution in [3.63, 3.8) is 0 Å². The summed E-state index contributed by atoms with van der Waals surface area (Å²) in [6.45, 7) is 2.48. The zero-order valence-corrected chi connectivity index (χ0v) is 14.9. The largest absolute Gasteiger partial charge is 0.292 e. The number of hydrogen-bond donors (Lipinski definition) is 0. The SMILES string of the molecule is CCCSc1nc(Cl)c2c(n1)N(Cc1ccccc1Cl)C(=O)C2. The molecule has 0 saturated heterocycles. The minimum Gasteiger partial charge on any atom is -0.292 e. The van der Waals surface area contributed by atoms with Gasteiger partial charge in [0, 0.05) is 16.3 Å². The summed E-state index contributed by atoms with van der Waals surface area (Å²) < 4.78 is 0. The van der Waals surface area contributed by atoms with Gasteiger partial charge in [0.1, 0.15) is 11.0 Å². The summed E-state index contributed by atoms with van der Waals surface area (Å²) in [6.07, 6.45) is 1.25. The van der Waals surface area contributed by atoms with Gasteiger partial charge in [-0.1, -0.05) is 60.1 Å². The Hall–Kier alpha value is -1.30. The van der Waals surface area contributed by atoms with Gasteiger partial charge in [-0.05, 0) is 18.1 Å². The number of aromatic nitrogens is 2. The lowest BCUT2D eigenvalue weighted by Gasteiger charge is -2.17. The second-order valence-electron chi connectivity index (χ2n) is 5.20. The van der Waals surface area contributed by atoms with Crippen molar-refractivity contribution in [3.8, 4) is 0 Å². The van der Waals surface area contributed by atoms with Gasteiger partial charge in [-0.25, -0.2) is 9.97 Å². The van der Waals surface area contributed by atoms with E-state index in [-0.39, 0.29) is 12.3 Å². The first-order valence-corrected chi connectivity index (χ1v) is 9.07. The van der Waals surface area contributed by atoms with Crippen molar-refractivity contribution in [2.24, 2.45) is 0 Å². The smallest absolute Gasteiger partial charge is 0.233 e. The Morgan fingerprint density at radius 2 is 2.04 bits per heavy atom. The normalized spacial score (nSPS) is 13.5. The van der Waals surface area contributed by atoms with Gasteiger partial charge in [-0.2, -0.15) is 0 Å². The highest BCUT2D eigenvalue weighted by molar-refractivity contribution is 7.99. The molecule has 0 atom stereocenters. The quantitative estimate of drug-likeness (QED) is 0.447. The van der Waals surface area contributed by atoms with E-state index >= 15 is 0 Å². The minimum atomic E-state index is -0.0336. The molecule has 1 aromatic heterocycles. The monoisotopic (exact) mass is 367 g/mol. The molecular formula is C16H15Cl2N3OS. The van der Waals surface area contributed by atoms with Crippen molar-refractivity contribution in [1.29, 1.82) is 0 Å². The summed E-state index contributed by atoms with van der Waals surface area (Å²) in [5.41, 5.74) is 1.58. The maximum atomic E-state index is 12.4. The van der Waals surface area contributed by atoms with E-state index in [2.05, 4.69) is 16.9 Å². The lowest BCUT2D eigenvalue weighted by atomic mass is 10.2. The van der Waals surface area contributed by atoms with Crippen LogP contribution >= 0.6 is 35.0 Å². The van der Waals surface area contributed by atoms with E-state index < -0.39 is 0 Å². The van der Waals surface area contributed by atoms with Crippen LogP contribution in [0.2, 0.25) is 10.2 Å². The zero-order valence-electron chi connectivity index (χ0n) is 12.6. The van der Waals surface area contributed by atoms with E-state index in [4.69, 9.17) is 23.2 Å². The van der Waals surface area contributed by atoms with Crippen molar-refractivity contribution in [2.45, 2.75) is 31.5 Å². The topological polar surface area (TPSA) is 46.1 Å². The standard InChI is InChI=1S/C16H15Cl2N3OS/c1-2-7-23-16-19-14(18)11-8-13(22)21(15(11)20-16)9-10-5-3-4-6-12(10)17/h3-6H,2,7-9H2,1H3. The fraction of sp³-hybridized carbons (Fsp3) is 0.312. The van der Waals surface area contributed by atoms with E-state index in [9.17, 15) is 4.79 Å². The highest BCUT2D eigenvalue weighted by Gasteiger charge is 2.32. The van der Waals surface area contributed by atoms with Gasteiger partial charge in [-0.15, -0.1) is 0 Å². The summed E-state index contributed by atoms with van der Waals surface area (Å²) in [7, 11) is 0. The highest BCUT2D eigenvalue weighted by atomic mass is 35.5. The van der Waals surface area contributed by atoms with Gasteiger partial charge >= 0.3 is 0 Å². The number of anilines is 1. The van der Waals surface area contributed by atoms with Gasteiger partial charge < -0.3 is 0 Å². The number of nitrogens with zero attached hydrogens (tertiary/aromatic N) is 3. The summed E-state index contributed by atoms with van der Waals surface area (Å²) in [5, 5.41) is 1.60. The molecular weight excluding hydrogens is 353 g/mol. The van der Waals surface area contributed by atoms with Gasteiger partial charge in [0.25, 0.3) is 0 Å². The zero-order chi connectivity index (χ0) is 16.4. The molecule has 0 fully saturated rings. The fourth-order valence-corrected chi connectivity index (χ4v) is 3.56. The Morgan fingerprint density at radius 3 is 2.78 bits per heavy atom. The molecule has 120 valence electrons. The van der Waals surface area contributed by atoms with Crippen LogP contribution in [0.1, 0.15) is 24.5 Å². The Kier molecular flexibility index (Phi) is 5.09. The summed E-state index contributed by atoms with van der Waals surface area (Å²) in [6, 6.07) is 7.49. The molecule has 1 aliphatic heterocycles. The maximum absolute atomic E-state index is 12.4. The van der Waals surface area contributed by atoms with Crippen LogP contribution in [-0.2, 0) is 17.8 Å². The van der Waals surface area contributed by atoms with E-state index in [0.29, 0.717) is 33.3 Å². The Labute approximate surface area is 149 Å². The van der Waals surface area contributed by atoms with Crippen molar-refractivity contribution >= 4 is 46.7 Å². The molecule has 1 aliphatic rings. The average molecular weight is 368 g/mol. The maximum Gasteiger partial charge on any atom is 0.233 e. The molecule has 0 aliphatic carbocycles. The number of benzene rings is 1. The second-order valence-corrected chi connectivity index (χ2v) is 7.02. The number of carbonyl (C=O) groups excluding carboxylic acids is 1. The molecule has 4 nitrogen and oxygen atoms in total. The van der Waals surface area contributed by atoms with Crippen molar-refractivity contribution in [3.05, 3.63) is 45.6 Å². The third-order valence-electron chi connectivity index (χ3n) is 3.52. The van der Waals surface area contributed by atoms with Crippen LogP contribution < -0.4 is 4.90 Å². The predicted molar refractivity (Wildman–Crippen MR) is 94.4 cm³/mol. The Balaban J connectivity index is 1.94. The molecule has 0 saturated carbocycles. The van der Waals surface area contributed by atoms with Crippen LogP contribution in [0.4, 0.5) is 5.82 Å². The summed E-state index contributed by atoms with van der Waals surface area (Å²) in [5.74, 6) is 1.48. The van der Waals surface area contributed by atoms with Crippen molar-refractivity contribution < 1.29 is 4.79 Å². The molecule has 7 heteroatoms. The third-order valence-corrected chi connectivity index (χ3v) is 5.26. The number of halogens is 2. The average Bonchev–Trinajstić information content (AvgIpc) is 2.84. The first-order valence-electron chi connectivity index (χ1n) is 7.33. The molecule has 1 aromatic carbocycles. The van der Waals surface area contributed by atoms with E-state index in [1.54, 1.807) is 16.7 Å². The van der Waals surface area contributed by atoms with E-state index in [1.807, 2.05) is 24.3 Å². The molecule has 0 bridgehead atoms. The first-order chi connectivity index (χ1) is 11.1. The van der Waals surface area contributed by atoms with Crippen LogP contribution in [0.15, 0.2) is 29.4 Å². The molecule has 2 heterocycles. The van der Waals surface area contributed by atoms with Gasteiger partial charge in [0.2, 0.25) is 5.91 Å². The minimum absolute atomic E-state index is 0.0336. The lowest BCUT2D eigenvalue weighted by molar-refractivity contribution is -0.117. The molecule has 23 heavy (non-hydrogen) atoms. The number of carbonyl (C=O) groups is 1. The van der Waals surface area contributed by atoms with Crippen LogP contribution in [0.5, 0.6) is 0 Å². The number of fused-ring (bicyclic) bond motifs is 1. The Bertz CT molecular complexity index is 754. The summed E-state index contributed by atoms with van der Waals surface area (Å²) in [4.78, 5) is 22.8. The second kappa shape index (κ2) is 7.07. The molecule has 0 unspecified atom stereocenters. The van der Waals surface area contributed by atoms with Gasteiger partial charge in [0.05, 0.1) is 13.0 Å². The van der Waals surface area contributed by atoms with Crippen molar-refractivity contribution in [1.82, 2.24) is 9.97 Å². The number of thioether (sulfide) groups is 1. The van der Waals surface area contributed by atoms with Gasteiger partial charge in [-0.3, -0.25) is 9.69 Å².